The van der Waals surface area contributed by atoms with E-state index in [0.717, 1.165) is 35.6 Å². The lowest BCUT2D eigenvalue weighted by Gasteiger charge is -2.33. The van der Waals surface area contributed by atoms with Crippen molar-refractivity contribution >= 4 is 0 Å². The molecule has 33 heavy (non-hydrogen) atoms. The molecule has 0 amide bonds. The van der Waals surface area contributed by atoms with Crippen LogP contribution in [0, 0.1) is 17.8 Å². The van der Waals surface area contributed by atoms with E-state index < -0.39 is 0 Å². The van der Waals surface area contributed by atoms with Crippen LogP contribution in [-0.4, -0.2) is 9.97 Å². The molecule has 1 fully saturated rings. The van der Waals surface area contributed by atoms with Crippen LogP contribution in [0.4, 0.5) is 0 Å². The van der Waals surface area contributed by atoms with Crippen molar-refractivity contribution in [3.05, 3.63) is 47.8 Å². The molecule has 2 atom stereocenters. The van der Waals surface area contributed by atoms with Gasteiger partial charge in [-0.3, -0.25) is 0 Å². The largest absolute Gasteiger partial charge is 0.236 e. The molecule has 3 rings (SSSR count). The molecule has 1 aliphatic rings. The summed E-state index contributed by atoms with van der Waals surface area (Å²) in [7, 11) is 0. The van der Waals surface area contributed by atoms with Gasteiger partial charge in [-0.2, -0.15) is 0 Å². The van der Waals surface area contributed by atoms with E-state index >= 15 is 0 Å². The highest BCUT2D eigenvalue weighted by atomic mass is 14.9. The highest BCUT2D eigenvalue weighted by molar-refractivity contribution is 5.55. The maximum absolute atomic E-state index is 4.71. The van der Waals surface area contributed by atoms with Crippen LogP contribution in [0.3, 0.4) is 0 Å². The number of rotatable bonds is 13. The van der Waals surface area contributed by atoms with Crippen molar-refractivity contribution in [2.24, 2.45) is 17.8 Å². The van der Waals surface area contributed by atoms with Gasteiger partial charge in [-0.05, 0) is 66.9 Å². The van der Waals surface area contributed by atoms with Crippen LogP contribution in [0.5, 0.6) is 0 Å². The Kier molecular flexibility index (Phi) is 10.9. The van der Waals surface area contributed by atoms with E-state index in [-0.39, 0.29) is 0 Å². The molecule has 1 aliphatic carbocycles. The standard InChI is InChI=1S/C31H48N2/c1-5-8-12-26-16-20-29(21-17-26)31-32-22-30(23-33-31)24(4)11-9-13-27(7-3)28-18-14-25(10-6-2)15-19-28/h16-17,20-25,27-28H,5-15,18-19H2,1-4H3. The second-order valence-electron chi connectivity index (χ2n) is 10.7. The fraction of sp³-hybridized carbons (Fsp3) is 0.677. The molecule has 0 spiro atoms. The lowest BCUT2D eigenvalue weighted by molar-refractivity contribution is 0.182. The van der Waals surface area contributed by atoms with E-state index in [4.69, 9.17) is 9.97 Å². The molecule has 0 saturated heterocycles. The number of nitrogens with zero attached hydrogens (tertiary/aromatic N) is 2. The van der Waals surface area contributed by atoms with Crippen molar-refractivity contribution in [3.8, 4) is 11.4 Å². The quantitative estimate of drug-likeness (QED) is 0.305. The van der Waals surface area contributed by atoms with Crippen LogP contribution in [-0.2, 0) is 6.42 Å². The smallest absolute Gasteiger partial charge is 0.159 e. The maximum Gasteiger partial charge on any atom is 0.159 e. The van der Waals surface area contributed by atoms with E-state index in [2.05, 4.69) is 64.4 Å². The fourth-order valence-corrected chi connectivity index (χ4v) is 5.93. The third-order valence-corrected chi connectivity index (χ3v) is 8.26. The molecule has 1 aromatic carbocycles. The van der Waals surface area contributed by atoms with Crippen molar-refractivity contribution in [1.82, 2.24) is 9.97 Å². The summed E-state index contributed by atoms with van der Waals surface area (Å²) in [5, 5.41) is 0. The Morgan fingerprint density at radius 1 is 0.848 bits per heavy atom. The Bertz CT molecular complexity index is 772. The minimum absolute atomic E-state index is 0.535. The van der Waals surface area contributed by atoms with Gasteiger partial charge in [-0.15, -0.1) is 0 Å². The zero-order chi connectivity index (χ0) is 23.5. The Morgan fingerprint density at radius 2 is 1.55 bits per heavy atom. The van der Waals surface area contributed by atoms with Gasteiger partial charge in [0.15, 0.2) is 5.82 Å². The minimum Gasteiger partial charge on any atom is -0.236 e. The van der Waals surface area contributed by atoms with E-state index in [9.17, 15) is 0 Å². The molecule has 182 valence electrons. The molecule has 2 heteroatoms. The number of hydrogen-bond acceptors (Lipinski definition) is 2. The van der Waals surface area contributed by atoms with Gasteiger partial charge in [0.05, 0.1) is 0 Å². The number of aryl methyl sites for hydroxylation is 1. The molecular weight excluding hydrogens is 400 g/mol. The summed E-state index contributed by atoms with van der Waals surface area (Å²) in [6.45, 7) is 9.34. The molecule has 0 aliphatic heterocycles. The fourth-order valence-electron chi connectivity index (χ4n) is 5.93. The molecule has 2 unspecified atom stereocenters. The molecule has 1 heterocycles. The predicted octanol–water partition coefficient (Wildman–Crippen LogP) is 9.39. The van der Waals surface area contributed by atoms with Crippen molar-refractivity contribution < 1.29 is 0 Å². The summed E-state index contributed by atoms with van der Waals surface area (Å²) in [6, 6.07) is 8.80. The van der Waals surface area contributed by atoms with Crippen molar-refractivity contribution in [3.63, 3.8) is 0 Å². The van der Waals surface area contributed by atoms with Crippen LogP contribution in [0.25, 0.3) is 11.4 Å². The first-order valence-corrected chi connectivity index (χ1v) is 14.1. The van der Waals surface area contributed by atoms with E-state index in [0.29, 0.717) is 5.92 Å². The summed E-state index contributed by atoms with van der Waals surface area (Å²) < 4.78 is 0. The zero-order valence-electron chi connectivity index (χ0n) is 21.9. The van der Waals surface area contributed by atoms with Gasteiger partial charge in [-0.1, -0.05) is 103 Å². The summed E-state index contributed by atoms with van der Waals surface area (Å²) in [5.41, 5.74) is 3.81. The first-order valence-electron chi connectivity index (χ1n) is 14.1. The Hall–Kier alpha value is -1.70. The van der Waals surface area contributed by atoms with Gasteiger partial charge < -0.3 is 0 Å². The topological polar surface area (TPSA) is 25.8 Å². The lowest BCUT2D eigenvalue weighted by Crippen LogP contribution is -2.21. The maximum atomic E-state index is 4.71. The van der Waals surface area contributed by atoms with Gasteiger partial charge in [-0.25, -0.2) is 9.97 Å². The van der Waals surface area contributed by atoms with Crippen LogP contribution >= 0.6 is 0 Å². The second kappa shape index (κ2) is 13.9. The molecular formula is C31H48N2. The first kappa shape index (κ1) is 25.9. The molecule has 0 radical (unpaired) electrons. The molecule has 1 aromatic heterocycles. The first-order chi connectivity index (χ1) is 16.1. The van der Waals surface area contributed by atoms with Gasteiger partial charge in [0, 0.05) is 18.0 Å². The average molecular weight is 449 g/mol. The second-order valence-corrected chi connectivity index (χ2v) is 10.7. The number of unbranched alkanes of at least 4 members (excludes halogenated alkanes) is 1. The Labute approximate surface area is 204 Å². The third-order valence-electron chi connectivity index (χ3n) is 8.26. The van der Waals surface area contributed by atoms with E-state index in [1.165, 1.54) is 88.2 Å². The predicted molar refractivity (Wildman–Crippen MR) is 142 cm³/mol. The normalized spacial score (nSPS) is 20.5. The minimum atomic E-state index is 0.535. The van der Waals surface area contributed by atoms with E-state index in [1.54, 1.807) is 0 Å². The van der Waals surface area contributed by atoms with Crippen LogP contribution < -0.4 is 0 Å². The number of benzene rings is 1. The number of aromatic nitrogens is 2. The summed E-state index contributed by atoms with van der Waals surface area (Å²) >= 11 is 0. The Morgan fingerprint density at radius 3 is 2.15 bits per heavy atom. The van der Waals surface area contributed by atoms with Crippen molar-refractivity contribution in [2.75, 3.05) is 0 Å². The van der Waals surface area contributed by atoms with Gasteiger partial charge in [0.1, 0.15) is 0 Å². The molecule has 0 N–H and O–H groups in total. The highest BCUT2D eigenvalue weighted by Crippen LogP contribution is 2.38. The van der Waals surface area contributed by atoms with E-state index in [1.807, 2.05) is 0 Å². The zero-order valence-corrected chi connectivity index (χ0v) is 21.9. The molecule has 0 bridgehead atoms. The van der Waals surface area contributed by atoms with Crippen molar-refractivity contribution in [1.29, 1.82) is 0 Å². The number of hydrogen-bond donors (Lipinski definition) is 0. The third kappa shape index (κ3) is 7.94. The molecule has 1 saturated carbocycles. The van der Waals surface area contributed by atoms with Crippen LogP contribution in [0.1, 0.15) is 122 Å². The van der Waals surface area contributed by atoms with Crippen LogP contribution in [0.2, 0.25) is 0 Å². The van der Waals surface area contributed by atoms with Crippen LogP contribution in [0.15, 0.2) is 36.7 Å². The SMILES string of the molecule is CCCCc1ccc(-c2ncc(C(C)CCCC(CC)C3CCC(CCC)CC3)cn2)cc1. The summed E-state index contributed by atoms with van der Waals surface area (Å²) in [6.07, 6.45) is 21.8. The summed E-state index contributed by atoms with van der Waals surface area (Å²) in [4.78, 5) is 9.41. The molecule has 2 nitrogen and oxygen atoms in total. The van der Waals surface area contributed by atoms with Gasteiger partial charge >= 0.3 is 0 Å². The monoisotopic (exact) mass is 448 g/mol. The molecule has 2 aromatic rings. The summed E-state index contributed by atoms with van der Waals surface area (Å²) in [5.74, 6) is 4.31. The van der Waals surface area contributed by atoms with Gasteiger partial charge in [0.2, 0.25) is 0 Å². The highest BCUT2D eigenvalue weighted by Gasteiger charge is 2.26. The average Bonchev–Trinajstić information content (AvgIpc) is 2.86. The Balaban J connectivity index is 1.45. The van der Waals surface area contributed by atoms with Gasteiger partial charge in [0.25, 0.3) is 0 Å². The lowest BCUT2D eigenvalue weighted by atomic mass is 9.72. The van der Waals surface area contributed by atoms with Crippen molar-refractivity contribution in [2.45, 2.75) is 117 Å².